The van der Waals surface area contributed by atoms with Gasteiger partial charge in [-0.3, -0.25) is 4.72 Å². The van der Waals surface area contributed by atoms with Gasteiger partial charge in [0.1, 0.15) is 11.5 Å². The highest BCUT2D eigenvalue weighted by Gasteiger charge is 2.24. The number of aromatic nitrogens is 1. The van der Waals surface area contributed by atoms with Crippen LogP contribution in [0.2, 0.25) is 0 Å². The van der Waals surface area contributed by atoms with Gasteiger partial charge in [0, 0.05) is 6.42 Å². The molecular formula is C24H22N2O5S. The molecule has 1 N–H and O–H groups in total. The summed E-state index contributed by atoms with van der Waals surface area (Å²) in [6, 6.07) is 22.9. The van der Waals surface area contributed by atoms with E-state index in [2.05, 4.69) is 9.71 Å². The number of anilines is 1. The van der Waals surface area contributed by atoms with E-state index in [4.69, 9.17) is 13.9 Å². The second-order valence-corrected chi connectivity index (χ2v) is 8.61. The number of sulfonamides is 1. The van der Waals surface area contributed by atoms with Crippen molar-refractivity contribution in [2.75, 3.05) is 18.9 Å². The molecule has 3 aromatic carbocycles. The fraction of sp³-hybridized carbons (Fsp3) is 0.125. The molecule has 0 spiro atoms. The molecule has 0 unspecified atom stereocenters. The van der Waals surface area contributed by atoms with Gasteiger partial charge < -0.3 is 13.9 Å². The van der Waals surface area contributed by atoms with Gasteiger partial charge in [-0.25, -0.2) is 8.42 Å². The largest absolute Gasteiger partial charge is 0.497 e. The number of oxazole rings is 1. The van der Waals surface area contributed by atoms with E-state index in [-0.39, 0.29) is 16.5 Å². The van der Waals surface area contributed by atoms with Gasteiger partial charge in [0.25, 0.3) is 10.0 Å². The molecule has 4 rings (SSSR count). The first-order valence-corrected chi connectivity index (χ1v) is 11.3. The molecular weight excluding hydrogens is 428 g/mol. The maximum atomic E-state index is 13.0. The molecule has 0 amide bonds. The number of nitrogens with zero attached hydrogens (tertiary/aromatic N) is 1. The van der Waals surface area contributed by atoms with Gasteiger partial charge in [-0.05, 0) is 35.9 Å². The Morgan fingerprint density at radius 3 is 2.25 bits per heavy atom. The minimum atomic E-state index is -3.88. The topological polar surface area (TPSA) is 90.7 Å². The third-order valence-corrected chi connectivity index (χ3v) is 6.16. The Hall–Kier alpha value is -3.78. The first kappa shape index (κ1) is 21.5. The fourth-order valence-corrected chi connectivity index (χ4v) is 4.27. The van der Waals surface area contributed by atoms with E-state index >= 15 is 0 Å². The highest BCUT2D eigenvalue weighted by Crippen LogP contribution is 2.39. The summed E-state index contributed by atoms with van der Waals surface area (Å²) in [6.07, 6.45) is 0.396. The van der Waals surface area contributed by atoms with E-state index in [1.54, 1.807) is 43.5 Å². The smallest absolute Gasteiger partial charge is 0.263 e. The van der Waals surface area contributed by atoms with Crippen molar-refractivity contribution in [3.63, 3.8) is 0 Å². The van der Waals surface area contributed by atoms with E-state index in [9.17, 15) is 8.42 Å². The highest BCUT2D eigenvalue weighted by atomic mass is 32.2. The SMILES string of the molecule is COc1ccc(OC)c(-c2oc(Cc3ccccc3)nc2NS(=O)(=O)c2ccccc2)c1. The maximum absolute atomic E-state index is 13.0. The van der Waals surface area contributed by atoms with E-state index in [0.29, 0.717) is 29.4 Å². The van der Waals surface area contributed by atoms with Crippen molar-refractivity contribution in [2.24, 2.45) is 0 Å². The summed E-state index contributed by atoms with van der Waals surface area (Å²) >= 11 is 0. The first-order chi connectivity index (χ1) is 15.5. The Labute approximate surface area is 186 Å². The summed E-state index contributed by atoms with van der Waals surface area (Å²) in [5, 5.41) is 0. The average Bonchev–Trinajstić information content (AvgIpc) is 3.20. The molecule has 0 fully saturated rings. The van der Waals surface area contributed by atoms with Gasteiger partial charge in [0.15, 0.2) is 11.6 Å². The molecule has 4 aromatic rings. The fourth-order valence-electron chi connectivity index (χ4n) is 3.24. The number of ether oxygens (including phenoxy) is 2. The van der Waals surface area contributed by atoms with Crippen LogP contribution in [-0.2, 0) is 16.4 Å². The highest BCUT2D eigenvalue weighted by molar-refractivity contribution is 7.92. The summed E-state index contributed by atoms with van der Waals surface area (Å²) in [6.45, 7) is 0. The summed E-state index contributed by atoms with van der Waals surface area (Å²) in [4.78, 5) is 4.59. The van der Waals surface area contributed by atoms with Crippen LogP contribution in [0.3, 0.4) is 0 Å². The lowest BCUT2D eigenvalue weighted by molar-refractivity contribution is 0.402. The van der Waals surface area contributed by atoms with Crippen LogP contribution in [0, 0.1) is 0 Å². The lowest BCUT2D eigenvalue weighted by Crippen LogP contribution is -2.13. The normalized spacial score (nSPS) is 11.2. The van der Waals surface area contributed by atoms with Gasteiger partial charge in [-0.1, -0.05) is 48.5 Å². The predicted octanol–water partition coefficient (Wildman–Crippen LogP) is 4.75. The van der Waals surface area contributed by atoms with Crippen molar-refractivity contribution in [2.45, 2.75) is 11.3 Å². The standard InChI is InChI=1S/C24H22N2O5S/c1-29-18-13-14-21(30-2)20(16-18)23-24(26-32(27,28)19-11-7-4-8-12-19)25-22(31-23)15-17-9-5-3-6-10-17/h3-14,16,26H,15H2,1-2H3. The monoisotopic (exact) mass is 450 g/mol. The third kappa shape index (κ3) is 4.60. The Balaban J connectivity index is 1.81. The molecule has 7 nitrogen and oxygen atoms in total. The minimum Gasteiger partial charge on any atom is -0.497 e. The molecule has 0 bridgehead atoms. The van der Waals surface area contributed by atoms with E-state index in [1.165, 1.54) is 19.2 Å². The molecule has 0 saturated heterocycles. The Bertz CT molecular complexity index is 1300. The number of nitrogens with one attached hydrogen (secondary N) is 1. The number of hydrogen-bond donors (Lipinski definition) is 1. The maximum Gasteiger partial charge on any atom is 0.263 e. The van der Waals surface area contributed by atoms with Crippen LogP contribution in [0.5, 0.6) is 11.5 Å². The van der Waals surface area contributed by atoms with Crippen LogP contribution in [-0.4, -0.2) is 27.6 Å². The molecule has 8 heteroatoms. The molecule has 32 heavy (non-hydrogen) atoms. The molecule has 164 valence electrons. The molecule has 1 heterocycles. The average molecular weight is 451 g/mol. The predicted molar refractivity (Wildman–Crippen MR) is 122 cm³/mol. The summed E-state index contributed by atoms with van der Waals surface area (Å²) in [5.41, 5.74) is 1.50. The van der Waals surface area contributed by atoms with Crippen LogP contribution < -0.4 is 14.2 Å². The van der Waals surface area contributed by atoms with Crippen molar-refractivity contribution in [1.82, 2.24) is 4.98 Å². The summed E-state index contributed by atoms with van der Waals surface area (Å²) in [7, 11) is -0.808. The summed E-state index contributed by atoms with van der Waals surface area (Å²) in [5.74, 6) is 1.74. The lowest BCUT2D eigenvalue weighted by atomic mass is 10.1. The van der Waals surface area contributed by atoms with Gasteiger partial charge >= 0.3 is 0 Å². The number of hydrogen-bond acceptors (Lipinski definition) is 6. The van der Waals surface area contributed by atoms with Gasteiger partial charge in [0.2, 0.25) is 5.89 Å². The lowest BCUT2D eigenvalue weighted by Gasteiger charge is -2.11. The third-order valence-electron chi connectivity index (χ3n) is 4.81. The van der Waals surface area contributed by atoms with E-state index in [0.717, 1.165) is 5.56 Å². The Morgan fingerprint density at radius 1 is 0.906 bits per heavy atom. The Kier molecular flexibility index (Phi) is 6.13. The summed E-state index contributed by atoms with van der Waals surface area (Å²) < 4.78 is 45.4. The number of methoxy groups -OCH3 is 2. The van der Waals surface area contributed by atoms with Crippen molar-refractivity contribution in [1.29, 1.82) is 0 Å². The Morgan fingerprint density at radius 2 is 1.59 bits per heavy atom. The number of benzene rings is 3. The quantitative estimate of drug-likeness (QED) is 0.417. The first-order valence-electron chi connectivity index (χ1n) is 9.84. The van der Waals surface area contributed by atoms with Crippen LogP contribution in [0.15, 0.2) is 88.2 Å². The minimum absolute atomic E-state index is 0.0753. The van der Waals surface area contributed by atoms with Crippen molar-refractivity contribution in [3.8, 4) is 22.8 Å². The number of rotatable bonds is 8. The second-order valence-electron chi connectivity index (χ2n) is 6.93. The molecule has 0 saturated carbocycles. The van der Waals surface area contributed by atoms with Gasteiger partial charge in [-0.2, -0.15) is 4.98 Å². The van der Waals surface area contributed by atoms with Crippen molar-refractivity contribution >= 4 is 15.8 Å². The van der Waals surface area contributed by atoms with Crippen LogP contribution in [0.4, 0.5) is 5.82 Å². The molecule has 0 aliphatic rings. The van der Waals surface area contributed by atoms with Crippen LogP contribution in [0.1, 0.15) is 11.5 Å². The zero-order chi connectivity index (χ0) is 22.6. The van der Waals surface area contributed by atoms with Crippen LogP contribution in [0.25, 0.3) is 11.3 Å². The molecule has 0 aliphatic carbocycles. The molecule has 0 atom stereocenters. The van der Waals surface area contributed by atoms with Crippen molar-refractivity contribution in [3.05, 3.63) is 90.3 Å². The van der Waals surface area contributed by atoms with Gasteiger partial charge in [-0.15, -0.1) is 0 Å². The molecule has 0 radical (unpaired) electrons. The zero-order valence-electron chi connectivity index (χ0n) is 17.6. The second kappa shape index (κ2) is 9.15. The van der Waals surface area contributed by atoms with Crippen molar-refractivity contribution < 1.29 is 22.3 Å². The van der Waals surface area contributed by atoms with E-state index < -0.39 is 10.0 Å². The zero-order valence-corrected chi connectivity index (χ0v) is 18.4. The molecule has 1 aromatic heterocycles. The van der Waals surface area contributed by atoms with Gasteiger partial charge in [0.05, 0.1) is 24.7 Å². The molecule has 0 aliphatic heterocycles. The van der Waals surface area contributed by atoms with E-state index in [1.807, 2.05) is 30.3 Å². The van der Waals surface area contributed by atoms with Crippen LogP contribution >= 0.6 is 0 Å².